The maximum absolute atomic E-state index is 5.66. The predicted octanol–water partition coefficient (Wildman–Crippen LogP) is 3.95. The molecule has 0 aromatic heterocycles. The van der Waals surface area contributed by atoms with E-state index in [0.717, 1.165) is 22.6 Å². The van der Waals surface area contributed by atoms with E-state index in [2.05, 4.69) is 6.07 Å². The summed E-state index contributed by atoms with van der Waals surface area (Å²) >= 11 is 0. The quantitative estimate of drug-likeness (QED) is 0.789. The molecule has 0 aliphatic rings. The van der Waals surface area contributed by atoms with Crippen molar-refractivity contribution < 1.29 is 9.47 Å². The first kappa shape index (κ1) is 12.5. The molecule has 18 heavy (non-hydrogen) atoms. The van der Waals surface area contributed by atoms with Crippen LogP contribution in [0.1, 0.15) is 13.8 Å². The maximum Gasteiger partial charge on any atom is 0.127 e. The van der Waals surface area contributed by atoms with Gasteiger partial charge in [-0.2, -0.15) is 0 Å². The van der Waals surface area contributed by atoms with Crippen molar-refractivity contribution in [2.24, 2.45) is 0 Å². The molecular weight excluding hydrogens is 224 g/mol. The standard InChI is InChI=1S/C16H17O2/c1-3-17-15-11-7-5-9-13(15)14-10-6-8-12-16(14)18-4-2/h5-7,9-12H,3-4H2,1-2H3. The molecule has 0 N–H and O–H groups in total. The normalized spacial score (nSPS) is 10.1. The molecule has 0 saturated carbocycles. The Morgan fingerprint density at radius 2 is 1.56 bits per heavy atom. The molecule has 2 rings (SSSR count). The van der Waals surface area contributed by atoms with Crippen molar-refractivity contribution in [3.8, 4) is 22.6 Å². The van der Waals surface area contributed by atoms with Crippen molar-refractivity contribution in [2.75, 3.05) is 13.2 Å². The van der Waals surface area contributed by atoms with Crippen LogP contribution in [-0.4, -0.2) is 13.2 Å². The van der Waals surface area contributed by atoms with E-state index >= 15 is 0 Å². The Hall–Kier alpha value is -1.96. The van der Waals surface area contributed by atoms with Crippen LogP contribution in [0, 0.1) is 6.07 Å². The molecule has 0 saturated heterocycles. The molecule has 0 atom stereocenters. The Bertz CT molecular complexity index is 458. The van der Waals surface area contributed by atoms with Crippen LogP contribution in [0.15, 0.2) is 42.5 Å². The van der Waals surface area contributed by atoms with Gasteiger partial charge in [-0.1, -0.05) is 24.3 Å². The minimum absolute atomic E-state index is 0.641. The average molecular weight is 241 g/mol. The molecule has 0 fully saturated rings. The van der Waals surface area contributed by atoms with E-state index in [1.165, 1.54) is 0 Å². The third-order valence-electron chi connectivity index (χ3n) is 2.60. The Labute approximate surface area is 108 Å². The second-order valence-electron chi connectivity index (χ2n) is 3.78. The van der Waals surface area contributed by atoms with Crippen LogP contribution in [0.2, 0.25) is 0 Å². The van der Waals surface area contributed by atoms with E-state index in [1.54, 1.807) is 0 Å². The second kappa shape index (κ2) is 6.10. The topological polar surface area (TPSA) is 18.5 Å². The largest absolute Gasteiger partial charge is 0.493 e. The predicted molar refractivity (Wildman–Crippen MR) is 73.1 cm³/mol. The minimum atomic E-state index is 0.641. The zero-order valence-corrected chi connectivity index (χ0v) is 10.8. The molecule has 2 aromatic rings. The Morgan fingerprint density at radius 3 is 2.33 bits per heavy atom. The van der Waals surface area contributed by atoms with Crippen molar-refractivity contribution in [3.63, 3.8) is 0 Å². The summed E-state index contributed by atoms with van der Waals surface area (Å²) in [5.41, 5.74) is 2.09. The summed E-state index contributed by atoms with van der Waals surface area (Å²) in [5.74, 6) is 1.72. The summed E-state index contributed by atoms with van der Waals surface area (Å²) in [7, 11) is 0. The molecule has 2 nitrogen and oxygen atoms in total. The Balaban J connectivity index is 2.47. The van der Waals surface area contributed by atoms with Gasteiger partial charge in [0.15, 0.2) is 0 Å². The van der Waals surface area contributed by atoms with E-state index in [-0.39, 0.29) is 0 Å². The smallest absolute Gasteiger partial charge is 0.127 e. The zero-order valence-electron chi connectivity index (χ0n) is 10.8. The molecule has 0 spiro atoms. The molecule has 0 aliphatic heterocycles. The second-order valence-corrected chi connectivity index (χ2v) is 3.78. The summed E-state index contributed by atoms with van der Waals surface area (Å²) in [6, 6.07) is 16.8. The van der Waals surface area contributed by atoms with Crippen molar-refractivity contribution in [3.05, 3.63) is 48.5 Å². The number of benzene rings is 2. The highest BCUT2D eigenvalue weighted by Gasteiger charge is 2.10. The minimum Gasteiger partial charge on any atom is -0.493 e. The van der Waals surface area contributed by atoms with Crippen LogP contribution in [0.25, 0.3) is 11.1 Å². The lowest BCUT2D eigenvalue weighted by molar-refractivity contribution is 0.336. The molecule has 0 amide bonds. The van der Waals surface area contributed by atoms with E-state index in [4.69, 9.17) is 9.47 Å². The van der Waals surface area contributed by atoms with Crippen LogP contribution in [0.5, 0.6) is 11.5 Å². The van der Waals surface area contributed by atoms with Crippen LogP contribution in [-0.2, 0) is 0 Å². The van der Waals surface area contributed by atoms with Crippen LogP contribution >= 0.6 is 0 Å². The van der Waals surface area contributed by atoms with Gasteiger partial charge in [-0.05, 0) is 38.1 Å². The fourth-order valence-corrected chi connectivity index (χ4v) is 1.88. The third kappa shape index (κ3) is 2.65. The first-order valence-corrected chi connectivity index (χ1v) is 6.22. The third-order valence-corrected chi connectivity index (χ3v) is 2.60. The van der Waals surface area contributed by atoms with Crippen LogP contribution < -0.4 is 9.47 Å². The van der Waals surface area contributed by atoms with Crippen molar-refractivity contribution in [2.45, 2.75) is 13.8 Å². The highest BCUT2D eigenvalue weighted by molar-refractivity contribution is 5.75. The van der Waals surface area contributed by atoms with Gasteiger partial charge < -0.3 is 9.47 Å². The number of ether oxygens (including phenoxy) is 2. The first-order valence-electron chi connectivity index (χ1n) is 6.22. The van der Waals surface area contributed by atoms with Gasteiger partial charge >= 0.3 is 0 Å². The summed E-state index contributed by atoms with van der Waals surface area (Å²) in [6.07, 6.45) is 0. The van der Waals surface area contributed by atoms with Crippen LogP contribution in [0.4, 0.5) is 0 Å². The lowest BCUT2D eigenvalue weighted by Crippen LogP contribution is -1.97. The summed E-state index contributed by atoms with van der Waals surface area (Å²) in [6.45, 7) is 5.26. The summed E-state index contributed by atoms with van der Waals surface area (Å²) < 4.78 is 11.3. The average Bonchev–Trinajstić information content (AvgIpc) is 2.41. The van der Waals surface area contributed by atoms with Gasteiger partial charge in [0.25, 0.3) is 0 Å². The number of hydrogen-bond donors (Lipinski definition) is 0. The Morgan fingerprint density at radius 1 is 0.889 bits per heavy atom. The SMILES string of the molecule is CCOc1c[c]ccc1-c1ccccc1OCC. The summed E-state index contributed by atoms with van der Waals surface area (Å²) in [4.78, 5) is 0. The highest BCUT2D eigenvalue weighted by Crippen LogP contribution is 2.35. The molecular formula is C16H17O2. The van der Waals surface area contributed by atoms with E-state index in [1.807, 2.05) is 56.3 Å². The first-order chi connectivity index (χ1) is 8.86. The zero-order chi connectivity index (χ0) is 12.8. The fraction of sp³-hybridized carbons (Fsp3) is 0.250. The van der Waals surface area contributed by atoms with Crippen LogP contribution in [0.3, 0.4) is 0 Å². The molecule has 0 heterocycles. The molecule has 2 aromatic carbocycles. The van der Waals surface area contributed by atoms with Crippen molar-refractivity contribution >= 4 is 0 Å². The molecule has 2 heteroatoms. The van der Waals surface area contributed by atoms with Gasteiger partial charge in [-0.25, -0.2) is 0 Å². The van der Waals surface area contributed by atoms with Crippen molar-refractivity contribution in [1.82, 2.24) is 0 Å². The van der Waals surface area contributed by atoms with Crippen molar-refractivity contribution in [1.29, 1.82) is 0 Å². The Kier molecular flexibility index (Phi) is 4.24. The fourth-order valence-electron chi connectivity index (χ4n) is 1.88. The molecule has 0 unspecified atom stereocenters. The highest BCUT2D eigenvalue weighted by atomic mass is 16.5. The monoisotopic (exact) mass is 241 g/mol. The van der Waals surface area contributed by atoms with Gasteiger partial charge in [0, 0.05) is 11.1 Å². The summed E-state index contributed by atoms with van der Waals surface area (Å²) in [5, 5.41) is 0. The maximum atomic E-state index is 5.66. The van der Waals surface area contributed by atoms with E-state index in [9.17, 15) is 0 Å². The number of hydrogen-bond acceptors (Lipinski definition) is 2. The van der Waals surface area contributed by atoms with Gasteiger partial charge in [0.2, 0.25) is 0 Å². The number of para-hydroxylation sites is 1. The lowest BCUT2D eigenvalue weighted by Gasteiger charge is -2.13. The van der Waals surface area contributed by atoms with E-state index < -0.39 is 0 Å². The van der Waals surface area contributed by atoms with Gasteiger partial charge in [-0.15, -0.1) is 0 Å². The number of rotatable bonds is 5. The molecule has 93 valence electrons. The van der Waals surface area contributed by atoms with Gasteiger partial charge in [-0.3, -0.25) is 0 Å². The van der Waals surface area contributed by atoms with E-state index in [0.29, 0.717) is 13.2 Å². The molecule has 0 bridgehead atoms. The van der Waals surface area contributed by atoms with Gasteiger partial charge in [0.1, 0.15) is 11.5 Å². The lowest BCUT2D eigenvalue weighted by atomic mass is 10.0. The van der Waals surface area contributed by atoms with Gasteiger partial charge in [0.05, 0.1) is 13.2 Å². The molecule has 0 aliphatic carbocycles. The molecule has 1 radical (unpaired) electrons.